The summed E-state index contributed by atoms with van der Waals surface area (Å²) in [6, 6.07) is 3.89. The van der Waals surface area contributed by atoms with Crippen LogP contribution in [-0.2, 0) is 9.59 Å². The first kappa shape index (κ1) is 14.2. The highest BCUT2D eigenvalue weighted by atomic mass is 16.5. The summed E-state index contributed by atoms with van der Waals surface area (Å²) in [6.45, 7) is 0. The van der Waals surface area contributed by atoms with E-state index in [1.54, 1.807) is 18.2 Å². The Hall–Kier alpha value is -2.24. The van der Waals surface area contributed by atoms with Crippen LogP contribution in [0.3, 0.4) is 0 Å². The van der Waals surface area contributed by atoms with Gasteiger partial charge >= 0.3 is 5.97 Å². The molecule has 0 radical (unpaired) electrons. The lowest BCUT2D eigenvalue weighted by Crippen LogP contribution is -2.34. The summed E-state index contributed by atoms with van der Waals surface area (Å²) in [6.07, 6.45) is 2.29. The molecule has 1 N–H and O–H groups in total. The SMILES string of the molecule is COc1ccc(C(C(=O)O)N(C=O)C2CC2)cc1OC. The van der Waals surface area contributed by atoms with Crippen molar-refractivity contribution < 1.29 is 24.2 Å². The number of ether oxygens (including phenoxy) is 2. The van der Waals surface area contributed by atoms with Crippen LogP contribution in [0.1, 0.15) is 24.4 Å². The second-order valence-electron chi connectivity index (χ2n) is 4.64. The maximum Gasteiger partial charge on any atom is 0.331 e. The van der Waals surface area contributed by atoms with E-state index in [9.17, 15) is 14.7 Å². The summed E-state index contributed by atoms with van der Waals surface area (Å²) in [5.74, 6) is -0.0985. The van der Waals surface area contributed by atoms with E-state index in [4.69, 9.17) is 9.47 Å². The molecule has 0 saturated heterocycles. The molecule has 1 atom stereocenters. The lowest BCUT2D eigenvalue weighted by Gasteiger charge is -2.25. The van der Waals surface area contributed by atoms with Crippen molar-refractivity contribution in [1.29, 1.82) is 0 Å². The highest BCUT2D eigenvalue weighted by Crippen LogP contribution is 2.36. The van der Waals surface area contributed by atoms with Crippen molar-refractivity contribution >= 4 is 12.4 Å². The Kier molecular flexibility index (Phi) is 4.12. The summed E-state index contributed by atoms with van der Waals surface area (Å²) in [7, 11) is 2.99. The van der Waals surface area contributed by atoms with Crippen molar-refractivity contribution in [2.75, 3.05) is 14.2 Å². The van der Waals surface area contributed by atoms with E-state index in [1.807, 2.05) is 0 Å². The third kappa shape index (κ3) is 2.68. The Morgan fingerprint density at radius 3 is 2.45 bits per heavy atom. The van der Waals surface area contributed by atoms with Gasteiger partial charge in [0.2, 0.25) is 6.41 Å². The minimum absolute atomic E-state index is 0.0155. The number of carbonyl (C=O) groups is 2. The van der Waals surface area contributed by atoms with Gasteiger partial charge in [0.1, 0.15) is 0 Å². The van der Waals surface area contributed by atoms with E-state index in [-0.39, 0.29) is 6.04 Å². The summed E-state index contributed by atoms with van der Waals surface area (Å²) in [5.41, 5.74) is 0.495. The zero-order valence-corrected chi connectivity index (χ0v) is 11.4. The van der Waals surface area contributed by atoms with Crippen LogP contribution in [-0.4, -0.2) is 42.6 Å². The molecular weight excluding hydrogens is 262 g/mol. The van der Waals surface area contributed by atoms with Crippen LogP contribution in [0.5, 0.6) is 11.5 Å². The first-order valence-corrected chi connectivity index (χ1v) is 6.29. The van der Waals surface area contributed by atoms with Gasteiger partial charge in [-0.2, -0.15) is 0 Å². The highest BCUT2D eigenvalue weighted by Gasteiger charge is 2.37. The predicted octanol–water partition coefficient (Wildman–Crippen LogP) is 1.45. The zero-order valence-electron chi connectivity index (χ0n) is 11.4. The van der Waals surface area contributed by atoms with Crippen LogP contribution < -0.4 is 9.47 Å². The zero-order chi connectivity index (χ0) is 14.7. The van der Waals surface area contributed by atoms with Crippen LogP contribution in [0.2, 0.25) is 0 Å². The van der Waals surface area contributed by atoms with Gasteiger partial charge in [0.25, 0.3) is 0 Å². The number of rotatable bonds is 7. The standard InChI is InChI=1S/C14H17NO5/c1-19-11-6-3-9(7-12(11)20-2)13(14(17)18)15(8-16)10-4-5-10/h3,6-8,10,13H,4-5H2,1-2H3,(H,17,18). The molecule has 108 valence electrons. The highest BCUT2D eigenvalue weighted by molar-refractivity contribution is 5.79. The van der Waals surface area contributed by atoms with E-state index in [0.717, 1.165) is 12.8 Å². The lowest BCUT2D eigenvalue weighted by atomic mass is 10.0. The quantitative estimate of drug-likeness (QED) is 0.764. The summed E-state index contributed by atoms with van der Waals surface area (Å²) in [4.78, 5) is 24.1. The molecule has 1 fully saturated rings. The van der Waals surface area contributed by atoms with Crippen molar-refractivity contribution in [2.45, 2.75) is 24.9 Å². The molecule has 1 unspecified atom stereocenters. The Balaban J connectivity index is 2.38. The summed E-state index contributed by atoms with van der Waals surface area (Å²) >= 11 is 0. The lowest BCUT2D eigenvalue weighted by molar-refractivity contribution is -0.147. The van der Waals surface area contributed by atoms with Crippen LogP contribution in [0.15, 0.2) is 18.2 Å². The van der Waals surface area contributed by atoms with Crippen LogP contribution in [0.4, 0.5) is 0 Å². The van der Waals surface area contributed by atoms with Crippen molar-refractivity contribution in [3.8, 4) is 11.5 Å². The first-order chi connectivity index (χ1) is 9.62. The smallest absolute Gasteiger partial charge is 0.331 e. The molecule has 1 saturated carbocycles. The molecule has 6 heteroatoms. The fourth-order valence-electron chi connectivity index (χ4n) is 2.20. The monoisotopic (exact) mass is 279 g/mol. The Morgan fingerprint density at radius 1 is 1.35 bits per heavy atom. The van der Waals surface area contributed by atoms with Gasteiger partial charge in [0, 0.05) is 6.04 Å². The maximum absolute atomic E-state index is 11.5. The maximum atomic E-state index is 11.5. The number of methoxy groups -OCH3 is 2. The molecule has 1 aliphatic carbocycles. The summed E-state index contributed by atoms with van der Waals surface area (Å²) < 4.78 is 10.3. The number of hydrogen-bond donors (Lipinski definition) is 1. The fourth-order valence-corrected chi connectivity index (χ4v) is 2.20. The molecule has 0 heterocycles. The van der Waals surface area contributed by atoms with Gasteiger partial charge in [-0.15, -0.1) is 0 Å². The van der Waals surface area contributed by atoms with Gasteiger partial charge in [0.05, 0.1) is 14.2 Å². The molecule has 6 nitrogen and oxygen atoms in total. The van der Waals surface area contributed by atoms with E-state index in [1.165, 1.54) is 19.1 Å². The number of benzene rings is 1. The number of hydrogen-bond acceptors (Lipinski definition) is 4. The topological polar surface area (TPSA) is 76.1 Å². The van der Waals surface area contributed by atoms with Crippen LogP contribution in [0.25, 0.3) is 0 Å². The molecule has 0 aromatic heterocycles. The average Bonchev–Trinajstić information content (AvgIpc) is 3.27. The van der Waals surface area contributed by atoms with E-state index < -0.39 is 12.0 Å². The van der Waals surface area contributed by atoms with Crippen molar-refractivity contribution in [2.24, 2.45) is 0 Å². The van der Waals surface area contributed by atoms with Crippen LogP contribution >= 0.6 is 0 Å². The minimum atomic E-state index is -1.06. The van der Waals surface area contributed by atoms with Crippen LogP contribution in [0, 0.1) is 0 Å². The third-order valence-electron chi connectivity index (χ3n) is 3.35. The van der Waals surface area contributed by atoms with Gasteiger partial charge < -0.3 is 19.5 Å². The molecule has 2 rings (SSSR count). The number of aliphatic carboxylic acids is 1. The van der Waals surface area contributed by atoms with Gasteiger partial charge in [-0.05, 0) is 30.5 Å². The number of carboxylic acids is 1. The third-order valence-corrected chi connectivity index (χ3v) is 3.35. The molecule has 1 amide bonds. The second kappa shape index (κ2) is 5.81. The molecule has 1 aromatic rings. The number of carboxylic acid groups (broad SMARTS) is 1. The first-order valence-electron chi connectivity index (χ1n) is 6.29. The van der Waals surface area contributed by atoms with Crippen molar-refractivity contribution in [3.63, 3.8) is 0 Å². The number of amides is 1. The molecule has 0 spiro atoms. The predicted molar refractivity (Wildman–Crippen MR) is 70.8 cm³/mol. The van der Waals surface area contributed by atoms with Gasteiger partial charge in [-0.1, -0.05) is 6.07 Å². The summed E-state index contributed by atoms with van der Waals surface area (Å²) in [5, 5.41) is 9.42. The molecular formula is C14H17NO5. The van der Waals surface area contributed by atoms with E-state index in [0.29, 0.717) is 23.5 Å². The van der Waals surface area contributed by atoms with Gasteiger partial charge in [0.15, 0.2) is 17.5 Å². The molecule has 0 bridgehead atoms. The molecule has 1 aromatic carbocycles. The Bertz CT molecular complexity index is 512. The Morgan fingerprint density at radius 2 is 2.00 bits per heavy atom. The average molecular weight is 279 g/mol. The normalized spacial score (nSPS) is 15.3. The fraction of sp³-hybridized carbons (Fsp3) is 0.429. The minimum Gasteiger partial charge on any atom is -0.493 e. The van der Waals surface area contributed by atoms with E-state index in [2.05, 4.69) is 0 Å². The molecule has 20 heavy (non-hydrogen) atoms. The second-order valence-corrected chi connectivity index (χ2v) is 4.64. The van der Waals surface area contributed by atoms with Crippen molar-refractivity contribution in [3.05, 3.63) is 23.8 Å². The molecule has 0 aliphatic heterocycles. The van der Waals surface area contributed by atoms with Gasteiger partial charge in [-0.3, -0.25) is 4.79 Å². The van der Waals surface area contributed by atoms with E-state index >= 15 is 0 Å². The Labute approximate surface area is 116 Å². The van der Waals surface area contributed by atoms with Gasteiger partial charge in [-0.25, -0.2) is 4.79 Å². The van der Waals surface area contributed by atoms with Crippen molar-refractivity contribution in [1.82, 2.24) is 4.90 Å². The largest absolute Gasteiger partial charge is 0.493 e. The number of carbonyl (C=O) groups excluding carboxylic acids is 1. The number of nitrogens with zero attached hydrogens (tertiary/aromatic N) is 1. The molecule has 1 aliphatic rings.